The molecule has 0 N–H and O–H groups in total. The van der Waals surface area contributed by atoms with Crippen molar-refractivity contribution in [2.75, 3.05) is 46.9 Å². The summed E-state index contributed by atoms with van der Waals surface area (Å²) in [6, 6.07) is 0. The first-order chi connectivity index (χ1) is 6.52. The predicted octanol–water partition coefficient (Wildman–Crippen LogP) is 1.05. The Morgan fingerprint density at radius 2 is 1.79 bits per heavy atom. The van der Waals surface area contributed by atoms with Gasteiger partial charge >= 0.3 is 0 Å². The molecule has 3 nitrogen and oxygen atoms in total. The van der Waals surface area contributed by atoms with Gasteiger partial charge in [-0.25, -0.2) is 0 Å². The zero-order valence-corrected chi connectivity index (χ0v) is 10.0. The predicted molar refractivity (Wildman–Crippen MR) is 59.6 cm³/mol. The molecule has 0 aromatic heterocycles. The van der Waals surface area contributed by atoms with Gasteiger partial charge < -0.3 is 9.64 Å². The highest BCUT2D eigenvalue weighted by Crippen LogP contribution is 2.20. The van der Waals surface area contributed by atoms with E-state index in [4.69, 9.17) is 4.74 Å². The van der Waals surface area contributed by atoms with E-state index in [0.717, 1.165) is 32.8 Å². The maximum atomic E-state index is 5.37. The lowest BCUT2D eigenvalue weighted by Gasteiger charge is -2.41. The van der Waals surface area contributed by atoms with E-state index in [1.54, 1.807) is 0 Å². The molecule has 0 saturated carbocycles. The van der Waals surface area contributed by atoms with Gasteiger partial charge in [0.2, 0.25) is 0 Å². The lowest BCUT2D eigenvalue weighted by Crippen LogP contribution is -2.50. The molecular formula is C11H24N2O. The largest absolute Gasteiger partial charge is 0.379 e. The van der Waals surface area contributed by atoms with Gasteiger partial charge in [0.15, 0.2) is 0 Å². The van der Waals surface area contributed by atoms with Crippen molar-refractivity contribution in [3.8, 4) is 0 Å². The first-order valence-corrected chi connectivity index (χ1v) is 5.50. The van der Waals surface area contributed by atoms with E-state index < -0.39 is 0 Å². The molecule has 0 unspecified atom stereocenters. The van der Waals surface area contributed by atoms with Crippen LogP contribution < -0.4 is 0 Å². The average molecular weight is 200 g/mol. The van der Waals surface area contributed by atoms with Crippen LogP contribution in [0, 0.1) is 0 Å². The summed E-state index contributed by atoms with van der Waals surface area (Å²) in [5.74, 6) is 0. The van der Waals surface area contributed by atoms with Crippen molar-refractivity contribution in [1.82, 2.24) is 9.80 Å². The Hall–Kier alpha value is -0.120. The van der Waals surface area contributed by atoms with Gasteiger partial charge in [0.25, 0.3) is 0 Å². The molecule has 0 amide bonds. The molecule has 1 saturated heterocycles. The van der Waals surface area contributed by atoms with Crippen LogP contribution in [0.4, 0.5) is 0 Å². The Bertz CT molecular complexity index is 163. The first kappa shape index (κ1) is 12.0. The minimum Gasteiger partial charge on any atom is -0.379 e. The number of rotatable bonds is 4. The van der Waals surface area contributed by atoms with Gasteiger partial charge in [0.1, 0.15) is 0 Å². The van der Waals surface area contributed by atoms with Crippen molar-refractivity contribution >= 4 is 0 Å². The van der Waals surface area contributed by atoms with Gasteiger partial charge in [-0.2, -0.15) is 0 Å². The van der Waals surface area contributed by atoms with Gasteiger partial charge in [-0.05, 0) is 40.9 Å². The van der Waals surface area contributed by atoms with Crippen LogP contribution in [0.25, 0.3) is 0 Å². The minimum atomic E-state index is 0.314. The lowest BCUT2D eigenvalue weighted by molar-refractivity contribution is -0.0145. The summed E-state index contributed by atoms with van der Waals surface area (Å²) >= 11 is 0. The molecule has 1 aliphatic rings. The fraction of sp³-hybridized carbons (Fsp3) is 1.00. The van der Waals surface area contributed by atoms with Crippen molar-refractivity contribution in [2.45, 2.75) is 25.8 Å². The van der Waals surface area contributed by atoms with Crippen LogP contribution in [0.1, 0.15) is 20.3 Å². The molecule has 0 atom stereocenters. The zero-order valence-electron chi connectivity index (χ0n) is 10.0. The zero-order chi connectivity index (χ0) is 10.6. The number of nitrogens with zero attached hydrogens (tertiary/aromatic N) is 2. The second kappa shape index (κ2) is 5.10. The van der Waals surface area contributed by atoms with Gasteiger partial charge in [-0.3, -0.25) is 4.90 Å². The molecule has 84 valence electrons. The van der Waals surface area contributed by atoms with Crippen molar-refractivity contribution in [2.24, 2.45) is 0 Å². The summed E-state index contributed by atoms with van der Waals surface area (Å²) in [5, 5.41) is 0. The van der Waals surface area contributed by atoms with Crippen LogP contribution in [0.2, 0.25) is 0 Å². The highest BCUT2D eigenvalue weighted by Gasteiger charge is 2.27. The molecule has 1 fully saturated rings. The molecule has 1 heterocycles. The van der Waals surface area contributed by atoms with E-state index in [2.05, 4.69) is 37.7 Å². The molecule has 0 spiro atoms. The molecule has 0 aliphatic carbocycles. The molecule has 0 radical (unpaired) electrons. The molecular weight excluding hydrogens is 176 g/mol. The van der Waals surface area contributed by atoms with E-state index in [1.165, 1.54) is 6.42 Å². The van der Waals surface area contributed by atoms with Crippen LogP contribution in [0.3, 0.4) is 0 Å². The molecule has 0 aromatic rings. The lowest BCUT2D eigenvalue weighted by atomic mass is 9.97. The van der Waals surface area contributed by atoms with Crippen molar-refractivity contribution < 1.29 is 4.74 Å². The van der Waals surface area contributed by atoms with Crippen LogP contribution in [-0.2, 0) is 4.74 Å². The van der Waals surface area contributed by atoms with E-state index in [0.29, 0.717) is 5.54 Å². The van der Waals surface area contributed by atoms with E-state index in [-0.39, 0.29) is 0 Å². The number of ether oxygens (including phenoxy) is 1. The smallest absolute Gasteiger partial charge is 0.0594 e. The normalized spacial score (nSPS) is 20.4. The Kier molecular flexibility index (Phi) is 4.35. The quantitative estimate of drug-likeness (QED) is 0.674. The fourth-order valence-corrected chi connectivity index (χ4v) is 1.82. The van der Waals surface area contributed by atoms with Crippen LogP contribution in [0.5, 0.6) is 0 Å². The molecule has 14 heavy (non-hydrogen) atoms. The summed E-state index contributed by atoms with van der Waals surface area (Å²) in [4.78, 5) is 4.79. The third-order valence-electron chi connectivity index (χ3n) is 3.04. The molecule has 1 aliphatic heterocycles. The minimum absolute atomic E-state index is 0.314. The Morgan fingerprint density at radius 1 is 1.21 bits per heavy atom. The standard InChI is InChI=1S/C11H24N2O/c1-11(2,5-6-12(3)4)13-7-9-14-10-8-13/h5-10H2,1-4H3. The van der Waals surface area contributed by atoms with E-state index in [1.807, 2.05) is 0 Å². The Morgan fingerprint density at radius 3 is 2.29 bits per heavy atom. The van der Waals surface area contributed by atoms with Crippen molar-refractivity contribution in [1.29, 1.82) is 0 Å². The SMILES string of the molecule is CN(C)CCC(C)(C)N1CCOCC1. The summed E-state index contributed by atoms with van der Waals surface area (Å²) in [6.07, 6.45) is 1.22. The van der Waals surface area contributed by atoms with Gasteiger partial charge in [-0.1, -0.05) is 0 Å². The van der Waals surface area contributed by atoms with Gasteiger partial charge in [0, 0.05) is 18.6 Å². The number of morpholine rings is 1. The van der Waals surface area contributed by atoms with E-state index >= 15 is 0 Å². The number of hydrogen-bond donors (Lipinski definition) is 0. The maximum Gasteiger partial charge on any atom is 0.0594 e. The third kappa shape index (κ3) is 3.56. The first-order valence-electron chi connectivity index (χ1n) is 5.50. The van der Waals surface area contributed by atoms with Crippen molar-refractivity contribution in [3.05, 3.63) is 0 Å². The van der Waals surface area contributed by atoms with Gasteiger partial charge in [-0.15, -0.1) is 0 Å². The summed E-state index contributed by atoms with van der Waals surface area (Å²) in [5.41, 5.74) is 0.314. The molecule has 1 rings (SSSR count). The van der Waals surface area contributed by atoms with E-state index in [9.17, 15) is 0 Å². The monoisotopic (exact) mass is 200 g/mol. The third-order valence-corrected chi connectivity index (χ3v) is 3.04. The molecule has 3 heteroatoms. The summed E-state index contributed by atoms with van der Waals surface area (Å²) in [6.45, 7) is 9.78. The van der Waals surface area contributed by atoms with Crippen LogP contribution in [-0.4, -0.2) is 62.3 Å². The second-order valence-electron chi connectivity index (χ2n) is 4.97. The van der Waals surface area contributed by atoms with Crippen LogP contribution >= 0.6 is 0 Å². The Balaban J connectivity index is 2.37. The highest BCUT2D eigenvalue weighted by molar-refractivity contribution is 4.83. The average Bonchev–Trinajstić information content (AvgIpc) is 2.16. The highest BCUT2D eigenvalue weighted by atomic mass is 16.5. The van der Waals surface area contributed by atoms with Crippen molar-refractivity contribution in [3.63, 3.8) is 0 Å². The maximum absolute atomic E-state index is 5.37. The number of hydrogen-bond acceptors (Lipinski definition) is 3. The summed E-state index contributed by atoms with van der Waals surface area (Å²) < 4.78 is 5.37. The molecule has 0 bridgehead atoms. The topological polar surface area (TPSA) is 15.7 Å². The molecule has 0 aromatic carbocycles. The second-order valence-corrected chi connectivity index (χ2v) is 4.97. The van der Waals surface area contributed by atoms with Gasteiger partial charge in [0.05, 0.1) is 13.2 Å². The summed E-state index contributed by atoms with van der Waals surface area (Å²) in [7, 11) is 4.27. The van der Waals surface area contributed by atoms with Crippen LogP contribution in [0.15, 0.2) is 0 Å². The fourth-order valence-electron chi connectivity index (χ4n) is 1.82. The Labute approximate surface area is 88.0 Å².